The van der Waals surface area contributed by atoms with E-state index in [9.17, 15) is 13.6 Å². The van der Waals surface area contributed by atoms with Crippen LogP contribution in [0, 0.1) is 11.6 Å². The summed E-state index contributed by atoms with van der Waals surface area (Å²) in [5, 5.41) is 0. The average Bonchev–Trinajstić information content (AvgIpc) is 2.48. The molecule has 0 heterocycles. The first kappa shape index (κ1) is 21.4. The number of Topliss-reactive ketones (excluding diaryl/α,β-unsaturated/α-hetero) is 1. The number of hydrogen-bond donors (Lipinski definition) is 1. The van der Waals surface area contributed by atoms with E-state index in [4.69, 9.17) is 4.74 Å². The summed E-state index contributed by atoms with van der Waals surface area (Å²) in [5.74, 6) is -1.57. The Morgan fingerprint density at radius 2 is 2.04 bits per heavy atom. The van der Waals surface area contributed by atoms with E-state index in [0.717, 1.165) is 6.07 Å². The van der Waals surface area contributed by atoms with Crippen LogP contribution in [0.3, 0.4) is 0 Å². The van der Waals surface area contributed by atoms with Gasteiger partial charge < -0.3 is 4.74 Å². The average molecular weight is 369 g/mol. The number of nitrogens with one attached hydrogen (secondary N) is 1. The highest BCUT2D eigenvalue weighted by molar-refractivity contribution is 7.98. The summed E-state index contributed by atoms with van der Waals surface area (Å²) in [7, 11) is 1.45. The van der Waals surface area contributed by atoms with Crippen molar-refractivity contribution in [3.05, 3.63) is 59.4 Å². The third-order valence-electron chi connectivity index (χ3n) is 3.23. The van der Waals surface area contributed by atoms with Crippen LogP contribution in [0.1, 0.15) is 45.7 Å². The van der Waals surface area contributed by atoms with Gasteiger partial charge in [0, 0.05) is 22.8 Å². The first-order valence-corrected chi connectivity index (χ1v) is 8.67. The molecule has 25 heavy (non-hydrogen) atoms. The van der Waals surface area contributed by atoms with Crippen molar-refractivity contribution in [3.8, 4) is 0 Å². The van der Waals surface area contributed by atoms with Crippen LogP contribution in [0.25, 0.3) is 0 Å². The number of benzene rings is 1. The Kier molecular flexibility index (Phi) is 7.83. The molecule has 0 amide bonds. The highest BCUT2D eigenvalue weighted by Crippen LogP contribution is 2.29. The van der Waals surface area contributed by atoms with E-state index in [1.807, 2.05) is 20.8 Å². The van der Waals surface area contributed by atoms with Crippen molar-refractivity contribution in [2.75, 3.05) is 7.11 Å². The molecule has 1 aromatic carbocycles. The number of carbonyl (C=O) groups excluding carboxylic acids is 1. The smallest absolute Gasteiger partial charge is 0.168 e. The minimum atomic E-state index is -0.688. The molecule has 0 aliphatic carbocycles. The van der Waals surface area contributed by atoms with Crippen LogP contribution in [0.2, 0.25) is 0 Å². The van der Waals surface area contributed by atoms with Crippen LogP contribution < -0.4 is 4.72 Å². The molecule has 0 bridgehead atoms. The van der Waals surface area contributed by atoms with Crippen molar-refractivity contribution < 1.29 is 18.3 Å². The Morgan fingerprint density at radius 1 is 1.40 bits per heavy atom. The van der Waals surface area contributed by atoms with Gasteiger partial charge in [0.15, 0.2) is 5.78 Å². The molecule has 0 saturated heterocycles. The molecule has 0 saturated carbocycles. The number of ether oxygens (including phenoxy) is 1. The van der Waals surface area contributed by atoms with E-state index in [-0.39, 0.29) is 22.5 Å². The van der Waals surface area contributed by atoms with E-state index >= 15 is 0 Å². The SMILES string of the molecule is C=C(C)/C(=C\OC)C(=O)CC(NSC(C)(C)C)c1ccc(F)cc1F. The van der Waals surface area contributed by atoms with Crippen molar-refractivity contribution in [1.82, 2.24) is 4.72 Å². The van der Waals surface area contributed by atoms with E-state index in [0.29, 0.717) is 11.1 Å². The molecule has 1 atom stereocenters. The van der Waals surface area contributed by atoms with Gasteiger partial charge in [-0.25, -0.2) is 8.78 Å². The standard InChI is InChI=1S/C19H25F2NO2S/c1-12(2)15(11-24-6)18(23)10-17(22-25-19(3,4)5)14-8-7-13(20)9-16(14)21/h7-9,11,17,22H,1,10H2,2-6H3/b15-11+. The third-order valence-corrected chi connectivity index (χ3v) is 4.25. The normalized spacial score (nSPS) is 13.5. The molecule has 0 spiro atoms. The predicted octanol–water partition coefficient (Wildman–Crippen LogP) is 5.11. The second-order valence-electron chi connectivity index (χ2n) is 6.73. The maximum atomic E-state index is 14.2. The molecule has 0 fully saturated rings. The van der Waals surface area contributed by atoms with E-state index < -0.39 is 17.7 Å². The largest absolute Gasteiger partial charge is 0.504 e. The number of ketones is 1. The number of methoxy groups -OCH3 is 1. The number of hydrogen-bond acceptors (Lipinski definition) is 4. The van der Waals surface area contributed by atoms with Gasteiger partial charge >= 0.3 is 0 Å². The van der Waals surface area contributed by atoms with Gasteiger partial charge in [-0.1, -0.05) is 24.6 Å². The first-order valence-electron chi connectivity index (χ1n) is 7.85. The van der Waals surface area contributed by atoms with Gasteiger partial charge in [0.2, 0.25) is 0 Å². The van der Waals surface area contributed by atoms with Crippen molar-refractivity contribution in [2.45, 2.75) is 44.9 Å². The molecule has 3 nitrogen and oxygen atoms in total. The van der Waals surface area contributed by atoms with Crippen LogP contribution in [-0.2, 0) is 9.53 Å². The van der Waals surface area contributed by atoms with Crippen LogP contribution in [0.15, 0.2) is 42.2 Å². The molecule has 0 radical (unpaired) electrons. The maximum Gasteiger partial charge on any atom is 0.168 e. The molecular weight excluding hydrogens is 344 g/mol. The van der Waals surface area contributed by atoms with E-state index in [1.54, 1.807) is 6.92 Å². The summed E-state index contributed by atoms with van der Waals surface area (Å²) >= 11 is 1.39. The number of allylic oxidation sites excluding steroid dienone is 2. The quantitative estimate of drug-likeness (QED) is 0.299. The van der Waals surface area contributed by atoms with Crippen LogP contribution in [0.4, 0.5) is 8.78 Å². The first-order chi connectivity index (χ1) is 11.5. The lowest BCUT2D eigenvalue weighted by Crippen LogP contribution is -2.25. The van der Waals surface area contributed by atoms with Gasteiger partial charge in [-0.05, 0) is 39.3 Å². The van der Waals surface area contributed by atoms with E-state index in [1.165, 1.54) is 37.5 Å². The molecule has 0 aliphatic heterocycles. The predicted molar refractivity (Wildman–Crippen MR) is 99.1 cm³/mol. The van der Waals surface area contributed by atoms with Crippen LogP contribution in [-0.4, -0.2) is 17.6 Å². The zero-order valence-corrected chi connectivity index (χ0v) is 16.1. The number of carbonyl (C=O) groups is 1. The highest BCUT2D eigenvalue weighted by Gasteiger charge is 2.24. The molecule has 1 rings (SSSR count). The number of rotatable bonds is 8. The second kappa shape index (κ2) is 9.15. The topological polar surface area (TPSA) is 38.3 Å². The Balaban J connectivity index is 3.12. The number of halogens is 2. The zero-order valence-electron chi connectivity index (χ0n) is 15.3. The van der Waals surface area contributed by atoms with Crippen molar-refractivity contribution >= 4 is 17.7 Å². The fourth-order valence-corrected chi connectivity index (χ4v) is 2.77. The summed E-state index contributed by atoms with van der Waals surface area (Å²) in [4.78, 5) is 12.6. The highest BCUT2D eigenvalue weighted by atomic mass is 32.2. The minimum absolute atomic E-state index is 0.00626. The van der Waals surface area contributed by atoms with Crippen molar-refractivity contribution in [1.29, 1.82) is 0 Å². The summed E-state index contributed by atoms with van der Waals surface area (Å²) < 4.78 is 35.4. The van der Waals surface area contributed by atoms with Crippen molar-refractivity contribution in [3.63, 3.8) is 0 Å². The van der Waals surface area contributed by atoms with Gasteiger partial charge in [0.25, 0.3) is 0 Å². The summed E-state index contributed by atoms with van der Waals surface area (Å²) in [5.41, 5.74) is 1.15. The van der Waals surface area contributed by atoms with Crippen LogP contribution >= 0.6 is 11.9 Å². The lowest BCUT2D eigenvalue weighted by Gasteiger charge is -2.24. The Hall–Kier alpha value is -1.66. The lowest BCUT2D eigenvalue weighted by atomic mass is 9.96. The van der Waals surface area contributed by atoms with Gasteiger partial charge in [0.1, 0.15) is 11.6 Å². The monoisotopic (exact) mass is 369 g/mol. The van der Waals surface area contributed by atoms with Crippen LogP contribution in [0.5, 0.6) is 0 Å². The summed E-state index contributed by atoms with van der Waals surface area (Å²) in [6.45, 7) is 11.5. The van der Waals surface area contributed by atoms with Gasteiger partial charge in [0.05, 0.1) is 25.0 Å². The molecule has 6 heteroatoms. The second-order valence-corrected chi connectivity index (χ2v) is 8.39. The third kappa shape index (κ3) is 7.00. The van der Waals surface area contributed by atoms with Gasteiger partial charge in [-0.3, -0.25) is 9.52 Å². The van der Waals surface area contributed by atoms with E-state index in [2.05, 4.69) is 11.3 Å². The fourth-order valence-electron chi connectivity index (χ4n) is 2.06. The summed E-state index contributed by atoms with van der Waals surface area (Å²) in [6.07, 6.45) is 1.33. The molecule has 1 aromatic rings. The molecule has 138 valence electrons. The Bertz CT molecular complexity index is 666. The lowest BCUT2D eigenvalue weighted by molar-refractivity contribution is -0.115. The Morgan fingerprint density at radius 3 is 2.52 bits per heavy atom. The maximum absolute atomic E-state index is 14.2. The molecule has 0 aromatic heterocycles. The molecular formula is C19H25F2NO2S. The van der Waals surface area contributed by atoms with Crippen molar-refractivity contribution in [2.24, 2.45) is 0 Å². The Labute approximate surface area is 152 Å². The zero-order chi connectivity index (χ0) is 19.2. The minimum Gasteiger partial charge on any atom is -0.504 e. The van der Waals surface area contributed by atoms with Gasteiger partial charge in [-0.2, -0.15) is 0 Å². The van der Waals surface area contributed by atoms with Gasteiger partial charge in [-0.15, -0.1) is 0 Å². The summed E-state index contributed by atoms with van der Waals surface area (Å²) in [6, 6.07) is 2.75. The molecule has 0 aliphatic rings. The fraction of sp³-hybridized carbons (Fsp3) is 0.421. The molecule has 1 unspecified atom stereocenters. The molecule has 1 N–H and O–H groups in total.